The molecule has 1 aromatic heterocycles. The third kappa shape index (κ3) is 4.05. The van der Waals surface area contributed by atoms with E-state index < -0.39 is 26.2 Å². The summed E-state index contributed by atoms with van der Waals surface area (Å²) >= 11 is 0. The first-order valence-corrected chi connectivity index (χ1v) is 12.9. The second-order valence-electron chi connectivity index (χ2n) is 9.46. The van der Waals surface area contributed by atoms with Gasteiger partial charge < -0.3 is 25.7 Å². The van der Waals surface area contributed by atoms with Gasteiger partial charge in [0.25, 0.3) is 5.56 Å². The minimum absolute atomic E-state index is 0.0860. The Morgan fingerprint density at radius 1 is 1.26 bits per heavy atom. The van der Waals surface area contributed by atoms with Crippen LogP contribution in [0.5, 0.6) is 0 Å². The normalized spacial score (nSPS) is 25.1. The lowest BCUT2D eigenvalue weighted by atomic mass is 9.85. The molecule has 1 saturated carbocycles. The van der Waals surface area contributed by atoms with Gasteiger partial charge in [-0.3, -0.25) is 10.2 Å². The number of aliphatic hydroxyl groups excluding tert-OH is 1. The molecule has 2 heterocycles. The molecular weight excluding hydrogens is 454 g/mol. The highest BCUT2D eigenvalue weighted by Crippen LogP contribution is 2.47. The lowest BCUT2D eigenvalue weighted by Crippen LogP contribution is -2.35. The van der Waals surface area contributed by atoms with E-state index in [4.69, 9.17) is 5.41 Å². The number of aromatic nitrogens is 1. The summed E-state index contributed by atoms with van der Waals surface area (Å²) in [6.07, 6.45) is 6.47. The van der Waals surface area contributed by atoms with E-state index in [0.29, 0.717) is 11.4 Å². The Bertz CT molecular complexity index is 1300. The highest BCUT2D eigenvalue weighted by molar-refractivity contribution is 7.93. The number of sulfone groups is 1. The number of aliphatic hydroxyl groups is 1. The molecule has 0 saturated heterocycles. The molecule has 0 radical (unpaired) electrons. The number of aliphatic imine (C=N–C) groups is 1. The van der Waals surface area contributed by atoms with Crippen molar-refractivity contribution in [2.45, 2.75) is 61.3 Å². The average Bonchev–Trinajstić information content (AvgIpc) is 2.92. The minimum atomic E-state index is -3.68. The van der Waals surface area contributed by atoms with E-state index >= 15 is 0 Å². The molecule has 0 amide bonds. The van der Waals surface area contributed by atoms with Crippen LogP contribution in [-0.4, -0.2) is 48.4 Å². The molecule has 1 fully saturated rings. The first kappa shape index (κ1) is 24.2. The average molecular weight is 486 g/mol. The molecule has 4 rings (SSSR count). The van der Waals surface area contributed by atoms with Crippen LogP contribution in [-0.2, 0) is 9.84 Å². The number of fused-ring (bicyclic) bond motifs is 1. The standard InChI is InChI=1S/C24H31N5O4S/c1-24(2)21(30)16-12-15(8-9-19(16)34(24,32)33)28-22(25)20-18(10-11-27-23(20)31)29-17-7-5-4-6-14(17)13-26-3/h8-14,17,21,30H,4-7H2,1-3H3,(H2,25,28)(H2,27,29,31)/b26-13-/t14-,17+,21?/m1/s1. The topological polar surface area (TPSA) is 148 Å². The smallest absolute Gasteiger partial charge is 0.261 e. The van der Waals surface area contributed by atoms with Crippen molar-refractivity contribution in [1.82, 2.24) is 4.98 Å². The van der Waals surface area contributed by atoms with Crippen LogP contribution in [0.25, 0.3) is 0 Å². The largest absolute Gasteiger partial charge is 0.387 e. The maximum absolute atomic E-state index is 12.7. The van der Waals surface area contributed by atoms with Crippen LogP contribution in [0.2, 0.25) is 0 Å². The van der Waals surface area contributed by atoms with Crippen LogP contribution in [0.3, 0.4) is 0 Å². The molecule has 1 aliphatic carbocycles. The van der Waals surface area contributed by atoms with E-state index in [0.717, 1.165) is 25.7 Å². The minimum Gasteiger partial charge on any atom is -0.387 e. The molecule has 1 aliphatic heterocycles. The Morgan fingerprint density at radius 2 is 2.00 bits per heavy atom. The molecule has 34 heavy (non-hydrogen) atoms. The fourth-order valence-electron chi connectivity index (χ4n) is 4.85. The second kappa shape index (κ2) is 8.99. The monoisotopic (exact) mass is 485 g/mol. The Labute approximate surface area is 199 Å². The highest BCUT2D eigenvalue weighted by atomic mass is 32.2. The van der Waals surface area contributed by atoms with Gasteiger partial charge >= 0.3 is 0 Å². The van der Waals surface area contributed by atoms with Crippen LogP contribution in [0.4, 0.5) is 11.4 Å². The van der Waals surface area contributed by atoms with Crippen molar-refractivity contribution in [3.8, 4) is 0 Å². The van der Waals surface area contributed by atoms with Crippen molar-refractivity contribution < 1.29 is 13.5 Å². The molecule has 9 nitrogen and oxygen atoms in total. The molecule has 0 spiro atoms. The molecule has 5 N–H and O–H groups in total. The number of nitrogens with one attached hydrogen (secondary N) is 4. The summed E-state index contributed by atoms with van der Waals surface area (Å²) in [5.41, 5.74) is 0.997. The summed E-state index contributed by atoms with van der Waals surface area (Å²) in [6.45, 7) is 2.98. The van der Waals surface area contributed by atoms with Crippen molar-refractivity contribution in [2.75, 3.05) is 17.7 Å². The predicted octanol–water partition coefficient (Wildman–Crippen LogP) is 3.08. The van der Waals surface area contributed by atoms with Gasteiger partial charge in [-0.1, -0.05) is 12.8 Å². The van der Waals surface area contributed by atoms with Gasteiger partial charge in [0, 0.05) is 42.7 Å². The van der Waals surface area contributed by atoms with E-state index in [2.05, 4.69) is 20.6 Å². The van der Waals surface area contributed by atoms with E-state index in [1.807, 2.05) is 6.21 Å². The molecule has 1 unspecified atom stereocenters. The lowest BCUT2D eigenvalue weighted by Gasteiger charge is -2.31. The van der Waals surface area contributed by atoms with Crippen molar-refractivity contribution in [2.24, 2.45) is 10.9 Å². The number of rotatable bonds is 5. The van der Waals surface area contributed by atoms with Gasteiger partial charge in [0.2, 0.25) is 0 Å². The third-order valence-corrected chi connectivity index (χ3v) is 9.49. The lowest BCUT2D eigenvalue weighted by molar-refractivity contribution is 0.144. The van der Waals surface area contributed by atoms with E-state index in [1.165, 1.54) is 32.0 Å². The summed E-state index contributed by atoms with van der Waals surface area (Å²) in [6, 6.07) is 6.35. The zero-order valence-electron chi connectivity index (χ0n) is 19.6. The summed E-state index contributed by atoms with van der Waals surface area (Å²) in [4.78, 5) is 19.6. The third-order valence-electron chi connectivity index (χ3n) is 6.93. The predicted molar refractivity (Wildman–Crippen MR) is 134 cm³/mol. The van der Waals surface area contributed by atoms with Gasteiger partial charge in [0.15, 0.2) is 9.84 Å². The zero-order valence-corrected chi connectivity index (χ0v) is 20.4. The Morgan fingerprint density at radius 3 is 2.74 bits per heavy atom. The van der Waals surface area contributed by atoms with Crippen molar-refractivity contribution in [3.05, 3.63) is 51.9 Å². The first-order valence-electron chi connectivity index (χ1n) is 11.4. The van der Waals surface area contributed by atoms with Crippen LogP contribution in [0, 0.1) is 11.3 Å². The number of hydrogen-bond acceptors (Lipinski definition) is 7. The number of nitrogens with zero attached hydrogens (tertiary/aromatic N) is 1. The van der Waals surface area contributed by atoms with Crippen LogP contribution in [0.1, 0.15) is 56.8 Å². The van der Waals surface area contributed by atoms with Crippen LogP contribution >= 0.6 is 0 Å². The Kier molecular flexibility index (Phi) is 6.39. The first-order chi connectivity index (χ1) is 16.1. The number of H-pyrrole nitrogens is 1. The number of amidine groups is 1. The molecule has 10 heteroatoms. The molecule has 2 aromatic rings. The summed E-state index contributed by atoms with van der Waals surface area (Å²) < 4.78 is 24.1. The number of aromatic amines is 1. The van der Waals surface area contributed by atoms with Crippen molar-refractivity contribution in [1.29, 1.82) is 5.41 Å². The highest BCUT2D eigenvalue weighted by Gasteiger charge is 2.51. The quantitative estimate of drug-likeness (QED) is 0.325. The molecule has 3 atom stereocenters. The maximum Gasteiger partial charge on any atom is 0.261 e. The van der Waals surface area contributed by atoms with E-state index in [9.17, 15) is 18.3 Å². The SMILES string of the molecule is C/N=C\[C@H]1CCCC[C@@H]1Nc1cc[nH]c(=O)c1C(=N)Nc1ccc2c(c1)C(O)C(C)(C)S2(=O)=O. The Balaban J connectivity index is 1.62. The van der Waals surface area contributed by atoms with Gasteiger partial charge in [0.05, 0.1) is 16.7 Å². The number of hydrogen-bond donors (Lipinski definition) is 5. The van der Waals surface area contributed by atoms with E-state index in [1.54, 1.807) is 19.3 Å². The van der Waals surface area contributed by atoms with E-state index in [-0.39, 0.29) is 33.8 Å². The molecular formula is C24H31N5O4S. The van der Waals surface area contributed by atoms with Gasteiger partial charge in [-0.05, 0) is 51.0 Å². The Hall–Kier alpha value is -2.98. The molecule has 0 bridgehead atoms. The number of anilines is 2. The summed E-state index contributed by atoms with van der Waals surface area (Å²) in [7, 11) is -1.92. The second-order valence-corrected chi connectivity index (χ2v) is 12.0. The number of benzene rings is 1. The van der Waals surface area contributed by atoms with Gasteiger partial charge in [-0.25, -0.2) is 8.42 Å². The van der Waals surface area contributed by atoms with Gasteiger partial charge in [0.1, 0.15) is 16.1 Å². The van der Waals surface area contributed by atoms with Crippen LogP contribution in [0.15, 0.2) is 45.1 Å². The molecule has 182 valence electrons. The van der Waals surface area contributed by atoms with Crippen molar-refractivity contribution in [3.63, 3.8) is 0 Å². The van der Waals surface area contributed by atoms with Gasteiger partial charge in [-0.15, -0.1) is 0 Å². The summed E-state index contributed by atoms with van der Waals surface area (Å²) in [5.74, 6) is 0.118. The molecule has 2 aliphatic rings. The fourth-order valence-corrected chi connectivity index (χ4v) is 6.57. The maximum atomic E-state index is 12.7. The van der Waals surface area contributed by atoms with Crippen molar-refractivity contribution >= 4 is 33.3 Å². The number of pyridine rings is 1. The van der Waals surface area contributed by atoms with Crippen LogP contribution < -0.4 is 16.2 Å². The summed E-state index contributed by atoms with van der Waals surface area (Å²) in [5, 5.41) is 25.6. The fraction of sp³-hybridized carbons (Fsp3) is 0.458. The molecule has 1 aromatic carbocycles. The zero-order chi connectivity index (χ0) is 24.7. The van der Waals surface area contributed by atoms with Gasteiger partial charge in [-0.2, -0.15) is 0 Å².